The summed E-state index contributed by atoms with van der Waals surface area (Å²) in [6.07, 6.45) is 15.8. The van der Waals surface area contributed by atoms with Crippen LogP contribution in [-0.2, 0) is 25.1 Å². The van der Waals surface area contributed by atoms with Gasteiger partial charge in [0, 0.05) is 0 Å². The molecule has 3 heterocycles. The molecule has 1 saturated heterocycles. The van der Waals surface area contributed by atoms with Crippen LogP contribution in [0.3, 0.4) is 0 Å². The molecule has 13 nitrogen and oxygen atoms in total. The van der Waals surface area contributed by atoms with E-state index in [1.54, 1.807) is 18.2 Å². The van der Waals surface area contributed by atoms with Gasteiger partial charge in [-0.05, 0) is 49.2 Å². The van der Waals surface area contributed by atoms with Crippen molar-refractivity contribution in [3.05, 3.63) is 59.3 Å². The average Bonchev–Trinajstić information content (AvgIpc) is 3.68. The largest absolute Gasteiger partial charge is 0.570 e. The van der Waals surface area contributed by atoms with Crippen LogP contribution >= 0.6 is 8.17 Å². The molecule has 4 rings (SSSR count). The Morgan fingerprint density at radius 2 is 1.59 bits per heavy atom. The van der Waals surface area contributed by atoms with Crippen molar-refractivity contribution in [2.75, 3.05) is 18.9 Å². The van der Waals surface area contributed by atoms with Crippen LogP contribution in [0.4, 0.5) is 10.2 Å². The van der Waals surface area contributed by atoms with Crippen molar-refractivity contribution in [2.24, 2.45) is 0 Å². The molecule has 1 aliphatic rings. The van der Waals surface area contributed by atoms with E-state index in [2.05, 4.69) is 17.0 Å². The first-order valence-electron chi connectivity index (χ1n) is 19.5. The lowest BCUT2D eigenvalue weighted by molar-refractivity contribution is -0.103. The van der Waals surface area contributed by atoms with Crippen LogP contribution in [0.25, 0.3) is 5.52 Å². The van der Waals surface area contributed by atoms with Crippen molar-refractivity contribution in [2.45, 2.75) is 153 Å². The van der Waals surface area contributed by atoms with Gasteiger partial charge in [-0.2, -0.15) is 29.2 Å². The van der Waals surface area contributed by atoms with Gasteiger partial charge >= 0.3 is 8.17 Å². The first-order valence-corrected chi connectivity index (χ1v) is 21.1. The van der Waals surface area contributed by atoms with Crippen molar-refractivity contribution in [3.63, 3.8) is 0 Å². The van der Waals surface area contributed by atoms with E-state index < -0.39 is 50.6 Å². The van der Waals surface area contributed by atoms with Gasteiger partial charge in [0.2, 0.25) is 0 Å². The molecule has 0 aliphatic carbocycles. The molecule has 2 aromatic heterocycles. The summed E-state index contributed by atoms with van der Waals surface area (Å²) in [5, 5.41) is 35.3. The van der Waals surface area contributed by atoms with Crippen LogP contribution in [0.5, 0.6) is 0 Å². The number of aliphatic hydroxyl groups excluding tert-OH is 2. The van der Waals surface area contributed by atoms with Gasteiger partial charge < -0.3 is 25.4 Å². The molecule has 300 valence electrons. The molecule has 5 atom stereocenters. The van der Waals surface area contributed by atoms with Gasteiger partial charge in [-0.1, -0.05) is 103 Å². The maximum absolute atomic E-state index is 14.1. The third-order valence-electron chi connectivity index (χ3n) is 10.1. The number of nitrogens with two attached hydrogens (primary N) is 1. The van der Waals surface area contributed by atoms with Gasteiger partial charge in [0.25, 0.3) is 0 Å². The van der Waals surface area contributed by atoms with Gasteiger partial charge in [-0.3, -0.25) is 0 Å². The number of nitrogen functional groups attached to an aromatic ring is 1. The minimum atomic E-state index is -4.45. The number of anilines is 1. The minimum Gasteiger partial charge on any atom is -0.387 e. The molecular formula is C39H60FN5O8P+. The summed E-state index contributed by atoms with van der Waals surface area (Å²) < 4.78 is 38.5. The lowest BCUT2D eigenvalue weighted by Crippen LogP contribution is -2.44. The topological polar surface area (TPSA) is 198 Å². The van der Waals surface area contributed by atoms with E-state index in [1.165, 1.54) is 94.5 Å². The number of unbranched alkanes of at least 4 members (excludes halogenated alkanes) is 14. The smallest absolute Gasteiger partial charge is 0.387 e. The summed E-state index contributed by atoms with van der Waals surface area (Å²) in [6.45, 7) is 2.97. The first-order chi connectivity index (χ1) is 26.0. The number of nitrogens with zero attached hydrogens (tertiary/aromatic N) is 4. The monoisotopic (exact) mass is 776 g/mol. The highest BCUT2D eigenvalue weighted by atomic mass is 31.2. The van der Waals surface area contributed by atoms with Gasteiger partial charge in [-0.25, -0.2) is 13.9 Å². The summed E-state index contributed by atoms with van der Waals surface area (Å²) in [4.78, 5) is 25.5. The number of ether oxygens (including phenoxy) is 2. The van der Waals surface area contributed by atoms with Crippen molar-refractivity contribution >= 4 is 19.5 Å². The van der Waals surface area contributed by atoms with Crippen LogP contribution in [0, 0.1) is 17.1 Å². The van der Waals surface area contributed by atoms with E-state index in [0.717, 1.165) is 31.7 Å². The van der Waals surface area contributed by atoms with Gasteiger partial charge in [-0.15, -0.1) is 0 Å². The number of aliphatic hydroxyl groups is 2. The molecule has 54 heavy (non-hydrogen) atoms. The molecule has 0 bridgehead atoms. The maximum atomic E-state index is 14.1. The van der Waals surface area contributed by atoms with Crippen molar-refractivity contribution in [3.8, 4) is 6.07 Å². The van der Waals surface area contributed by atoms with Crippen molar-refractivity contribution in [1.82, 2.24) is 14.6 Å². The van der Waals surface area contributed by atoms with Crippen LogP contribution < -0.4 is 5.73 Å². The number of fused-ring (bicyclic) bond motifs is 1. The van der Waals surface area contributed by atoms with Gasteiger partial charge in [0.05, 0.1) is 30.0 Å². The Kier molecular flexibility index (Phi) is 17.9. The zero-order valence-electron chi connectivity index (χ0n) is 31.8. The highest BCUT2D eigenvalue weighted by Crippen LogP contribution is 2.54. The number of halogens is 1. The molecule has 0 unspecified atom stereocenters. The standard InChI is InChI=1S/C39H60FN5O8P/c1-3-4-5-6-7-8-9-10-11-12-13-14-15-16-17-18-32(50-25-30-21-29(24-41)22-31(40)23-30)26-51-54(48,49)52-27-39(2)37(47)35(46)36(53-39)33-19-20-34-38(42)43-28-44-45(33)34/h19-23,28,32,35-37,46-49H,3-18,25-27H2,1-2H3,(H2,42,43,44)/q+1/t32-,35-,36-,37-,39+/m0/s1. The zero-order valence-corrected chi connectivity index (χ0v) is 32.7. The fourth-order valence-corrected chi connectivity index (χ4v) is 7.76. The summed E-state index contributed by atoms with van der Waals surface area (Å²) in [5.74, 6) is -0.320. The van der Waals surface area contributed by atoms with Crippen molar-refractivity contribution < 1.29 is 42.9 Å². The summed E-state index contributed by atoms with van der Waals surface area (Å²) >= 11 is 0. The zero-order chi connectivity index (χ0) is 39.0. The second-order valence-corrected chi connectivity index (χ2v) is 16.2. The molecule has 0 saturated carbocycles. The molecule has 0 spiro atoms. The Morgan fingerprint density at radius 3 is 2.22 bits per heavy atom. The number of hydrogen-bond donors (Lipinski definition) is 5. The molecule has 1 aliphatic heterocycles. The SMILES string of the molecule is CCCCCCCCCCCCCCCCC[C@@H](CO[P+](O)(O)OC[C@@]1(C)O[C@@H](c2ccc3c(N)ncnn23)[C@H](O)[C@@H]1O)OCc1cc(F)cc(C#N)c1. The van der Waals surface area contributed by atoms with Crippen LogP contribution in [0.1, 0.15) is 140 Å². The highest BCUT2D eigenvalue weighted by molar-refractivity contribution is 7.54. The Hall–Kier alpha value is -2.83. The van der Waals surface area contributed by atoms with E-state index >= 15 is 0 Å². The van der Waals surface area contributed by atoms with E-state index in [1.807, 2.05) is 6.07 Å². The van der Waals surface area contributed by atoms with Crippen LogP contribution in [-0.4, -0.2) is 71.7 Å². The molecule has 3 aromatic rings. The summed E-state index contributed by atoms with van der Waals surface area (Å²) in [7, 11) is -4.45. The fraction of sp³-hybridized carbons (Fsp3) is 0.667. The second kappa shape index (κ2) is 22.0. The van der Waals surface area contributed by atoms with E-state index in [4.69, 9.17) is 24.3 Å². The van der Waals surface area contributed by atoms with Crippen molar-refractivity contribution in [1.29, 1.82) is 5.26 Å². The fourth-order valence-electron chi connectivity index (χ4n) is 6.90. The number of hydrogen-bond acceptors (Lipinski definition) is 12. The first kappa shape index (κ1) is 43.9. The maximum Gasteiger partial charge on any atom is 0.570 e. The van der Waals surface area contributed by atoms with E-state index in [0.29, 0.717) is 23.2 Å². The summed E-state index contributed by atoms with van der Waals surface area (Å²) in [5.41, 5.74) is 5.94. The van der Waals surface area contributed by atoms with E-state index in [9.17, 15) is 29.7 Å². The Labute approximate surface area is 319 Å². The molecule has 15 heteroatoms. The minimum absolute atomic E-state index is 0.00919. The predicted octanol–water partition coefficient (Wildman–Crippen LogP) is 7.42. The lowest BCUT2D eigenvalue weighted by Gasteiger charge is -2.26. The number of aromatic nitrogens is 3. The third kappa shape index (κ3) is 13.4. The molecule has 6 N–H and O–H groups in total. The van der Waals surface area contributed by atoms with Crippen LogP contribution in [0.2, 0.25) is 0 Å². The van der Waals surface area contributed by atoms with E-state index in [-0.39, 0.29) is 24.6 Å². The van der Waals surface area contributed by atoms with Gasteiger partial charge in [0.15, 0.2) is 5.82 Å². The average molecular weight is 777 g/mol. The molecular weight excluding hydrogens is 716 g/mol. The molecule has 1 fully saturated rings. The van der Waals surface area contributed by atoms with Gasteiger partial charge in [0.1, 0.15) is 54.8 Å². The molecule has 1 aromatic carbocycles. The number of rotatable bonds is 26. The molecule has 0 radical (unpaired) electrons. The predicted molar refractivity (Wildman–Crippen MR) is 204 cm³/mol. The Morgan fingerprint density at radius 1 is 0.963 bits per heavy atom. The number of nitriles is 1. The Bertz CT molecular complexity index is 1610. The normalized spacial score (nSPS) is 20.8. The quantitative estimate of drug-likeness (QED) is 0.0400. The second-order valence-electron chi connectivity index (χ2n) is 14.7. The lowest BCUT2D eigenvalue weighted by atomic mass is 9.97. The number of benzene rings is 1. The summed E-state index contributed by atoms with van der Waals surface area (Å²) in [6, 6.07) is 9.23. The van der Waals surface area contributed by atoms with Crippen LogP contribution in [0.15, 0.2) is 36.7 Å². The Balaban J connectivity index is 1.23. The highest BCUT2D eigenvalue weighted by Gasteiger charge is 2.55. The molecule has 0 amide bonds. The third-order valence-corrected chi connectivity index (χ3v) is 11.1.